The fourth-order valence-corrected chi connectivity index (χ4v) is 1.30. The van der Waals surface area contributed by atoms with Crippen LogP contribution in [0.4, 0.5) is 0 Å². The third-order valence-electron chi connectivity index (χ3n) is 2.35. The van der Waals surface area contributed by atoms with Crippen molar-refractivity contribution in [3.8, 4) is 0 Å². The van der Waals surface area contributed by atoms with Gasteiger partial charge in [-0.15, -0.1) is 10.2 Å². The van der Waals surface area contributed by atoms with Crippen molar-refractivity contribution in [3.05, 3.63) is 11.8 Å². The maximum absolute atomic E-state index is 5.65. The normalized spacial score (nSPS) is 19.3. The number of aromatic nitrogens is 2. The Balaban J connectivity index is 1.85. The van der Waals surface area contributed by atoms with Crippen molar-refractivity contribution in [1.29, 1.82) is 0 Å². The molecule has 1 aliphatic heterocycles. The molecule has 0 saturated carbocycles. The molecular formula is C9H15N3O2. The molecule has 0 aromatic carbocycles. The van der Waals surface area contributed by atoms with Crippen LogP contribution >= 0.6 is 0 Å². The van der Waals surface area contributed by atoms with Crippen LogP contribution in [0.1, 0.15) is 25.6 Å². The summed E-state index contributed by atoms with van der Waals surface area (Å²) in [7, 11) is 0. The number of nitrogens with one attached hydrogen (secondary N) is 1. The van der Waals surface area contributed by atoms with Crippen LogP contribution in [-0.4, -0.2) is 28.9 Å². The van der Waals surface area contributed by atoms with Crippen LogP contribution in [0.15, 0.2) is 4.42 Å². The van der Waals surface area contributed by atoms with Gasteiger partial charge < -0.3 is 14.5 Å². The summed E-state index contributed by atoms with van der Waals surface area (Å²) in [6.45, 7) is 6.24. The highest BCUT2D eigenvalue weighted by molar-refractivity contribution is 4.91. The Labute approximate surface area is 82.8 Å². The summed E-state index contributed by atoms with van der Waals surface area (Å²) >= 11 is 0. The lowest BCUT2D eigenvalue weighted by atomic mass is 10.0. The molecule has 1 aromatic rings. The molecule has 2 rings (SSSR count). The Bertz CT molecular complexity index is 307. The summed E-state index contributed by atoms with van der Waals surface area (Å²) in [5.74, 6) is 1.23. The highest BCUT2D eigenvalue weighted by Crippen LogP contribution is 2.17. The maximum Gasteiger partial charge on any atom is 0.242 e. The van der Waals surface area contributed by atoms with Crippen LogP contribution in [0.25, 0.3) is 0 Å². The molecule has 1 aromatic heterocycles. The average Bonchev–Trinajstić information content (AvgIpc) is 2.59. The SMILES string of the molecule is CCc1nnc(COC2(C)CNC2)o1. The van der Waals surface area contributed by atoms with Crippen LogP contribution in [0.5, 0.6) is 0 Å². The minimum absolute atomic E-state index is 0.0547. The van der Waals surface area contributed by atoms with Gasteiger partial charge in [0.15, 0.2) is 0 Å². The highest BCUT2D eigenvalue weighted by atomic mass is 16.5. The summed E-state index contributed by atoms with van der Waals surface area (Å²) in [5, 5.41) is 10.9. The Morgan fingerprint density at radius 2 is 2.14 bits per heavy atom. The first kappa shape index (κ1) is 9.61. The molecule has 5 heteroatoms. The van der Waals surface area contributed by atoms with Crippen molar-refractivity contribution < 1.29 is 9.15 Å². The molecular weight excluding hydrogens is 182 g/mol. The van der Waals surface area contributed by atoms with E-state index in [0.717, 1.165) is 19.5 Å². The quantitative estimate of drug-likeness (QED) is 0.762. The second-order valence-corrected chi connectivity index (χ2v) is 3.79. The molecule has 14 heavy (non-hydrogen) atoms. The molecule has 0 aliphatic carbocycles. The second kappa shape index (κ2) is 3.67. The molecule has 1 saturated heterocycles. The molecule has 5 nitrogen and oxygen atoms in total. The first-order valence-corrected chi connectivity index (χ1v) is 4.88. The predicted octanol–water partition coefficient (Wildman–Crippen LogP) is 0.510. The predicted molar refractivity (Wildman–Crippen MR) is 49.7 cm³/mol. The summed E-state index contributed by atoms with van der Waals surface area (Å²) < 4.78 is 11.0. The van der Waals surface area contributed by atoms with E-state index in [1.807, 2.05) is 6.92 Å². The molecule has 2 heterocycles. The van der Waals surface area contributed by atoms with Crippen molar-refractivity contribution in [2.45, 2.75) is 32.5 Å². The molecule has 1 N–H and O–H groups in total. The van der Waals surface area contributed by atoms with Gasteiger partial charge in [0.25, 0.3) is 0 Å². The number of hydrogen-bond acceptors (Lipinski definition) is 5. The summed E-state index contributed by atoms with van der Waals surface area (Å²) in [5.41, 5.74) is -0.0547. The molecule has 0 radical (unpaired) electrons. The lowest BCUT2D eigenvalue weighted by molar-refractivity contribution is -0.0833. The minimum Gasteiger partial charge on any atom is -0.423 e. The minimum atomic E-state index is -0.0547. The lowest BCUT2D eigenvalue weighted by Crippen LogP contribution is -2.58. The van der Waals surface area contributed by atoms with Gasteiger partial charge >= 0.3 is 0 Å². The Morgan fingerprint density at radius 3 is 2.64 bits per heavy atom. The summed E-state index contributed by atoms with van der Waals surface area (Å²) in [6.07, 6.45) is 0.770. The number of ether oxygens (including phenoxy) is 1. The molecule has 0 bridgehead atoms. The maximum atomic E-state index is 5.65. The van der Waals surface area contributed by atoms with Gasteiger partial charge in [0.1, 0.15) is 6.61 Å². The molecule has 1 fully saturated rings. The topological polar surface area (TPSA) is 60.2 Å². The largest absolute Gasteiger partial charge is 0.423 e. The highest BCUT2D eigenvalue weighted by Gasteiger charge is 2.32. The third-order valence-corrected chi connectivity index (χ3v) is 2.35. The van der Waals surface area contributed by atoms with E-state index >= 15 is 0 Å². The molecule has 1 aliphatic rings. The van der Waals surface area contributed by atoms with E-state index in [-0.39, 0.29) is 5.60 Å². The van der Waals surface area contributed by atoms with Gasteiger partial charge in [-0.3, -0.25) is 0 Å². The van der Waals surface area contributed by atoms with Crippen molar-refractivity contribution in [1.82, 2.24) is 15.5 Å². The van der Waals surface area contributed by atoms with Gasteiger partial charge in [-0.2, -0.15) is 0 Å². The average molecular weight is 197 g/mol. The lowest BCUT2D eigenvalue weighted by Gasteiger charge is -2.38. The smallest absolute Gasteiger partial charge is 0.242 e. The Hall–Kier alpha value is -0.940. The van der Waals surface area contributed by atoms with Crippen molar-refractivity contribution in [2.24, 2.45) is 0 Å². The number of aryl methyl sites for hydroxylation is 1. The molecule has 0 spiro atoms. The van der Waals surface area contributed by atoms with Crippen molar-refractivity contribution in [2.75, 3.05) is 13.1 Å². The second-order valence-electron chi connectivity index (χ2n) is 3.79. The molecule has 0 unspecified atom stereocenters. The van der Waals surface area contributed by atoms with Crippen LogP contribution in [0.2, 0.25) is 0 Å². The third kappa shape index (κ3) is 1.93. The number of hydrogen-bond donors (Lipinski definition) is 1. The molecule has 0 atom stereocenters. The molecule has 0 amide bonds. The van der Waals surface area contributed by atoms with E-state index in [0.29, 0.717) is 18.4 Å². The first-order chi connectivity index (χ1) is 6.72. The van der Waals surface area contributed by atoms with Crippen molar-refractivity contribution in [3.63, 3.8) is 0 Å². The number of nitrogens with zero attached hydrogens (tertiary/aromatic N) is 2. The van der Waals surface area contributed by atoms with E-state index in [1.54, 1.807) is 0 Å². The van der Waals surface area contributed by atoms with Gasteiger partial charge in [0, 0.05) is 19.5 Å². The fraction of sp³-hybridized carbons (Fsp3) is 0.778. The standard InChI is InChI=1S/C9H15N3O2/c1-3-7-11-12-8(14-7)4-13-9(2)5-10-6-9/h10H,3-6H2,1-2H3. The van der Waals surface area contributed by atoms with Gasteiger partial charge in [0.2, 0.25) is 11.8 Å². The zero-order chi connectivity index (χ0) is 10.0. The van der Waals surface area contributed by atoms with Gasteiger partial charge in [-0.05, 0) is 6.92 Å². The Kier molecular flexibility index (Phi) is 2.52. The van der Waals surface area contributed by atoms with Gasteiger partial charge in [-0.25, -0.2) is 0 Å². The fourth-order valence-electron chi connectivity index (χ4n) is 1.30. The van der Waals surface area contributed by atoms with E-state index < -0.39 is 0 Å². The van der Waals surface area contributed by atoms with Gasteiger partial charge in [-0.1, -0.05) is 6.92 Å². The van der Waals surface area contributed by atoms with E-state index in [9.17, 15) is 0 Å². The monoisotopic (exact) mass is 197 g/mol. The van der Waals surface area contributed by atoms with Crippen LogP contribution < -0.4 is 5.32 Å². The van der Waals surface area contributed by atoms with Crippen LogP contribution in [-0.2, 0) is 17.8 Å². The Morgan fingerprint density at radius 1 is 1.43 bits per heavy atom. The van der Waals surface area contributed by atoms with Crippen LogP contribution in [0.3, 0.4) is 0 Å². The zero-order valence-electron chi connectivity index (χ0n) is 8.54. The zero-order valence-corrected chi connectivity index (χ0v) is 8.54. The van der Waals surface area contributed by atoms with Gasteiger partial charge in [0.05, 0.1) is 5.60 Å². The first-order valence-electron chi connectivity index (χ1n) is 4.88. The van der Waals surface area contributed by atoms with Crippen molar-refractivity contribution >= 4 is 0 Å². The van der Waals surface area contributed by atoms with Crippen LogP contribution in [0, 0.1) is 0 Å². The van der Waals surface area contributed by atoms with E-state index in [2.05, 4.69) is 22.4 Å². The number of rotatable bonds is 4. The summed E-state index contributed by atoms with van der Waals surface area (Å²) in [6, 6.07) is 0. The molecule has 78 valence electrons. The van der Waals surface area contributed by atoms with E-state index in [4.69, 9.17) is 9.15 Å². The summed E-state index contributed by atoms with van der Waals surface area (Å²) in [4.78, 5) is 0. The van der Waals surface area contributed by atoms with E-state index in [1.165, 1.54) is 0 Å².